The highest BCUT2D eigenvalue weighted by atomic mass is 35.5. The number of benzene rings is 3. The summed E-state index contributed by atoms with van der Waals surface area (Å²) in [7, 11) is 0. The van der Waals surface area contributed by atoms with E-state index in [0.717, 1.165) is 15.8 Å². The van der Waals surface area contributed by atoms with Crippen molar-refractivity contribution in [2.75, 3.05) is 4.90 Å². The Morgan fingerprint density at radius 2 is 1.45 bits per heavy atom. The molecule has 6 heteroatoms. The molecule has 0 bridgehead atoms. The fraction of sp³-hybridized carbons (Fsp3) is 0. The molecule has 1 aliphatic rings. The number of para-hydroxylation sites is 1. The Labute approximate surface area is 188 Å². The normalized spacial score (nSPS) is 14.9. The maximum Gasteiger partial charge on any atom is 0.265 e. The Morgan fingerprint density at radius 1 is 0.774 bits per heavy atom. The molecule has 0 radical (unpaired) electrons. The summed E-state index contributed by atoms with van der Waals surface area (Å²) < 4.78 is 0. The number of hydrogen-bond acceptors (Lipinski definition) is 3. The lowest BCUT2D eigenvalue weighted by Gasteiger charge is -2.28. The molecular formula is C25H14Cl2N2O2. The van der Waals surface area contributed by atoms with Gasteiger partial charge < -0.3 is 0 Å². The van der Waals surface area contributed by atoms with Gasteiger partial charge in [-0.3, -0.25) is 9.59 Å². The zero-order valence-electron chi connectivity index (χ0n) is 16.0. The molecule has 1 aliphatic heterocycles. The fourth-order valence-corrected chi connectivity index (χ4v) is 4.01. The van der Waals surface area contributed by atoms with E-state index in [-0.39, 0.29) is 11.1 Å². The van der Waals surface area contributed by atoms with Crippen LogP contribution < -0.4 is 4.90 Å². The van der Waals surface area contributed by atoms with Gasteiger partial charge >= 0.3 is 0 Å². The van der Waals surface area contributed by atoms with Crippen LogP contribution >= 0.6 is 23.2 Å². The molecule has 5 rings (SSSR count). The molecule has 150 valence electrons. The van der Waals surface area contributed by atoms with Crippen LogP contribution in [-0.4, -0.2) is 16.8 Å². The Hall–Kier alpha value is -3.47. The van der Waals surface area contributed by atoms with Crippen molar-refractivity contribution in [3.63, 3.8) is 0 Å². The van der Waals surface area contributed by atoms with E-state index in [0.29, 0.717) is 33.0 Å². The van der Waals surface area contributed by atoms with Gasteiger partial charge in [-0.15, -0.1) is 0 Å². The van der Waals surface area contributed by atoms with Gasteiger partial charge in [0.25, 0.3) is 11.8 Å². The fourth-order valence-electron chi connectivity index (χ4n) is 3.68. The first-order valence-electron chi connectivity index (χ1n) is 9.54. The third-order valence-corrected chi connectivity index (χ3v) is 5.73. The highest BCUT2D eigenvalue weighted by molar-refractivity contribution is 6.43. The molecule has 4 nitrogen and oxygen atoms in total. The molecule has 0 atom stereocenters. The number of rotatable bonds is 2. The number of fused-ring (bicyclic) bond motifs is 2. The number of amides is 2. The van der Waals surface area contributed by atoms with Crippen LogP contribution in [0.5, 0.6) is 0 Å². The Balaban J connectivity index is 1.71. The number of carbonyl (C=O) groups excluding carboxylic acids is 2. The molecule has 1 aromatic heterocycles. The Kier molecular flexibility index (Phi) is 4.81. The van der Waals surface area contributed by atoms with E-state index in [1.165, 1.54) is 0 Å². The SMILES string of the molecule is O=C1/C(=C/c2cc3ccccc3nc2Cl)c2ccccc2C(=O)N1c1ccc(Cl)cc1. The van der Waals surface area contributed by atoms with Gasteiger partial charge in [-0.1, -0.05) is 59.6 Å². The third-order valence-electron chi connectivity index (χ3n) is 5.17. The van der Waals surface area contributed by atoms with Gasteiger partial charge in [0.1, 0.15) is 5.15 Å². The number of imide groups is 1. The Bertz CT molecular complexity index is 1390. The summed E-state index contributed by atoms with van der Waals surface area (Å²) in [6, 6.07) is 23.1. The van der Waals surface area contributed by atoms with Gasteiger partial charge in [0.15, 0.2) is 0 Å². The second kappa shape index (κ2) is 7.65. The van der Waals surface area contributed by atoms with E-state index in [1.807, 2.05) is 30.3 Å². The molecule has 0 N–H and O–H groups in total. The number of anilines is 1. The molecule has 0 saturated heterocycles. The number of carbonyl (C=O) groups is 2. The van der Waals surface area contributed by atoms with E-state index < -0.39 is 5.91 Å². The maximum atomic E-state index is 13.5. The highest BCUT2D eigenvalue weighted by Crippen LogP contribution is 2.35. The van der Waals surface area contributed by atoms with Crippen LogP contribution in [0, 0.1) is 0 Å². The second-order valence-electron chi connectivity index (χ2n) is 7.09. The van der Waals surface area contributed by atoms with Crippen molar-refractivity contribution >= 4 is 63.3 Å². The van der Waals surface area contributed by atoms with Crippen LogP contribution in [0.15, 0.2) is 78.9 Å². The zero-order valence-corrected chi connectivity index (χ0v) is 17.6. The number of halogens is 2. The summed E-state index contributed by atoms with van der Waals surface area (Å²) in [5.41, 5.74) is 3.18. The first-order chi connectivity index (χ1) is 15.0. The molecule has 0 saturated carbocycles. The average Bonchev–Trinajstić information content (AvgIpc) is 2.78. The van der Waals surface area contributed by atoms with Crippen molar-refractivity contribution in [3.05, 3.63) is 106 Å². The molecule has 3 aromatic carbocycles. The van der Waals surface area contributed by atoms with Crippen LogP contribution in [-0.2, 0) is 4.79 Å². The topological polar surface area (TPSA) is 50.3 Å². The summed E-state index contributed by atoms with van der Waals surface area (Å²) in [5.74, 6) is -0.821. The van der Waals surface area contributed by atoms with Gasteiger partial charge in [0, 0.05) is 27.1 Å². The van der Waals surface area contributed by atoms with Crippen LogP contribution in [0.1, 0.15) is 21.5 Å². The molecule has 2 heterocycles. The number of hydrogen-bond donors (Lipinski definition) is 0. The molecule has 4 aromatic rings. The molecule has 31 heavy (non-hydrogen) atoms. The predicted molar refractivity (Wildman–Crippen MR) is 124 cm³/mol. The van der Waals surface area contributed by atoms with Crippen molar-refractivity contribution in [2.24, 2.45) is 0 Å². The van der Waals surface area contributed by atoms with Gasteiger partial charge in [0.05, 0.1) is 11.2 Å². The molecule has 0 spiro atoms. The van der Waals surface area contributed by atoms with Crippen molar-refractivity contribution in [2.45, 2.75) is 0 Å². The van der Waals surface area contributed by atoms with Crippen molar-refractivity contribution in [1.29, 1.82) is 0 Å². The standard InChI is InChI=1S/C25H14Cl2N2O2/c26-17-9-11-18(12-10-17)29-24(30)20-7-3-2-6-19(20)21(25(29)31)14-16-13-15-5-1-4-8-22(15)28-23(16)27/h1-14H/b21-14+. The van der Waals surface area contributed by atoms with E-state index >= 15 is 0 Å². The van der Waals surface area contributed by atoms with Crippen LogP contribution in [0.2, 0.25) is 10.2 Å². The van der Waals surface area contributed by atoms with Gasteiger partial charge in [-0.05, 0) is 54.1 Å². The smallest absolute Gasteiger partial charge is 0.265 e. The first kappa shape index (κ1) is 19.5. The van der Waals surface area contributed by atoms with E-state index in [2.05, 4.69) is 4.98 Å². The van der Waals surface area contributed by atoms with E-state index in [4.69, 9.17) is 23.2 Å². The van der Waals surface area contributed by atoms with Crippen LogP contribution in [0.3, 0.4) is 0 Å². The summed E-state index contributed by atoms with van der Waals surface area (Å²) in [5, 5.41) is 1.71. The lowest BCUT2D eigenvalue weighted by atomic mass is 9.91. The second-order valence-corrected chi connectivity index (χ2v) is 7.88. The van der Waals surface area contributed by atoms with Crippen molar-refractivity contribution in [1.82, 2.24) is 4.98 Å². The third kappa shape index (κ3) is 3.40. The quantitative estimate of drug-likeness (QED) is 0.208. The number of pyridine rings is 1. The predicted octanol–water partition coefficient (Wildman–Crippen LogP) is 6.27. The minimum atomic E-state index is -0.435. The van der Waals surface area contributed by atoms with E-state index in [9.17, 15) is 9.59 Å². The molecule has 0 aliphatic carbocycles. The van der Waals surface area contributed by atoms with Crippen molar-refractivity contribution in [3.8, 4) is 0 Å². The van der Waals surface area contributed by atoms with Crippen LogP contribution in [0.25, 0.3) is 22.6 Å². The van der Waals surface area contributed by atoms with Gasteiger partial charge in [-0.25, -0.2) is 9.88 Å². The summed E-state index contributed by atoms with van der Waals surface area (Å²) in [6.07, 6.45) is 1.69. The lowest BCUT2D eigenvalue weighted by molar-refractivity contribution is -0.112. The molecule has 0 fully saturated rings. The summed E-state index contributed by atoms with van der Waals surface area (Å²) in [6.45, 7) is 0. The summed E-state index contributed by atoms with van der Waals surface area (Å²) >= 11 is 12.4. The monoisotopic (exact) mass is 444 g/mol. The summed E-state index contributed by atoms with van der Waals surface area (Å²) in [4.78, 5) is 32.3. The largest absolute Gasteiger partial charge is 0.268 e. The highest BCUT2D eigenvalue weighted by Gasteiger charge is 2.35. The van der Waals surface area contributed by atoms with E-state index in [1.54, 1.807) is 54.6 Å². The minimum absolute atomic E-state index is 0.284. The minimum Gasteiger partial charge on any atom is -0.268 e. The molecule has 0 unspecified atom stereocenters. The Morgan fingerprint density at radius 3 is 2.23 bits per heavy atom. The number of nitrogens with zero attached hydrogens (tertiary/aromatic N) is 2. The van der Waals surface area contributed by atoms with Crippen molar-refractivity contribution < 1.29 is 9.59 Å². The van der Waals surface area contributed by atoms with Gasteiger partial charge in [0.2, 0.25) is 0 Å². The molecule has 2 amide bonds. The van der Waals surface area contributed by atoms with Gasteiger partial charge in [-0.2, -0.15) is 0 Å². The lowest BCUT2D eigenvalue weighted by Crippen LogP contribution is -2.41. The molecular weight excluding hydrogens is 431 g/mol. The van der Waals surface area contributed by atoms with Crippen LogP contribution in [0.4, 0.5) is 5.69 Å². The average molecular weight is 445 g/mol. The zero-order chi connectivity index (χ0) is 21.5. The maximum absolute atomic E-state index is 13.5. The first-order valence-corrected chi connectivity index (χ1v) is 10.3. The number of aromatic nitrogens is 1.